The van der Waals surface area contributed by atoms with Crippen molar-refractivity contribution in [2.24, 2.45) is 5.92 Å². The molecule has 2 heterocycles. The van der Waals surface area contributed by atoms with Crippen LogP contribution in [0.4, 0.5) is 0 Å². The van der Waals surface area contributed by atoms with Crippen LogP contribution in [-0.2, 0) is 0 Å². The summed E-state index contributed by atoms with van der Waals surface area (Å²) in [5.41, 5.74) is 0. The fourth-order valence-electron chi connectivity index (χ4n) is 3.01. The van der Waals surface area contributed by atoms with Gasteiger partial charge < -0.3 is 10.2 Å². The minimum Gasteiger partial charge on any atom is -0.317 e. The van der Waals surface area contributed by atoms with Crippen molar-refractivity contribution in [1.29, 1.82) is 0 Å². The molecule has 0 saturated carbocycles. The van der Waals surface area contributed by atoms with Crippen LogP contribution in [0, 0.1) is 5.92 Å². The summed E-state index contributed by atoms with van der Waals surface area (Å²) >= 11 is 0. The lowest BCUT2D eigenvalue weighted by molar-refractivity contribution is 0.146. The monoisotopic (exact) mass is 210 g/mol. The van der Waals surface area contributed by atoms with Crippen molar-refractivity contribution in [3.8, 4) is 0 Å². The van der Waals surface area contributed by atoms with Crippen molar-refractivity contribution in [1.82, 2.24) is 10.2 Å². The lowest BCUT2D eigenvalue weighted by Crippen LogP contribution is -2.39. The molecule has 2 heteroatoms. The molecule has 1 N–H and O–H groups in total. The second-order valence-corrected chi connectivity index (χ2v) is 5.36. The van der Waals surface area contributed by atoms with Crippen molar-refractivity contribution >= 4 is 0 Å². The van der Waals surface area contributed by atoms with Gasteiger partial charge in [0.05, 0.1) is 0 Å². The Morgan fingerprint density at radius 1 is 1.13 bits per heavy atom. The smallest absolute Gasteiger partial charge is 0.00669 e. The van der Waals surface area contributed by atoms with E-state index < -0.39 is 0 Å². The van der Waals surface area contributed by atoms with Crippen LogP contribution < -0.4 is 5.32 Å². The van der Waals surface area contributed by atoms with Crippen molar-refractivity contribution in [2.45, 2.75) is 51.5 Å². The van der Waals surface area contributed by atoms with E-state index in [2.05, 4.69) is 17.1 Å². The van der Waals surface area contributed by atoms with Gasteiger partial charge in [-0.2, -0.15) is 0 Å². The van der Waals surface area contributed by atoms with E-state index in [9.17, 15) is 0 Å². The van der Waals surface area contributed by atoms with E-state index in [1.807, 2.05) is 0 Å². The highest BCUT2D eigenvalue weighted by Gasteiger charge is 2.20. The number of hydrogen-bond acceptors (Lipinski definition) is 2. The number of rotatable bonds is 3. The number of piperidine rings is 2. The Morgan fingerprint density at radius 3 is 2.67 bits per heavy atom. The third kappa shape index (κ3) is 3.46. The lowest BCUT2D eigenvalue weighted by atomic mass is 9.93. The first kappa shape index (κ1) is 11.4. The molecule has 0 amide bonds. The van der Waals surface area contributed by atoms with Crippen LogP contribution in [-0.4, -0.2) is 37.1 Å². The van der Waals surface area contributed by atoms with E-state index in [0.717, 1.165) is 12.0 Å². The van der Waals surface area contributed by atoms with Gasteiger partial charge in [-0.15, -0.1) is 0 Å². The highest BCUT2D eigenvalue weighted by molar-refractivity contribution is 4.75. The van der Waals surface area contributed by atoms with Crippen molar-refractivity contribution in [3.05, 3.63) is 0 Å². The van der Waals surface area contributed by atoms with Gasteiger partial charge in [-0.1, -0.05) is 6.42 Å². The summed E-state index contributed by atoms with van der Waals surface area (Å²) in [4.78, 5) is 2.71. The third-order valence-corrected chi connectivity index (χ3v) is 4.22. The molecule has 0 aromatic heterocycles. The minimum atomic E-state index is 0.848. The number of nitrogens with zero attached hydrogens (tertiary/aromatic N) is 1. The summed E-state index contributed by atoms with van der Waals surface area (Å²) in [5.74, 6) is 1.00. The summed E-state index contributed by atoms with van der Waals surface area (Å²) in [5, 5.41) is 3.45. The average Bonchev–Trinajstić information content (AvgIpc) is 2.29. The Balaban J connectivity index is 1.67. The maximum absolute atomic E-state index is 3.45. The second-order valence-electron chi connectivity index (χ2n) is 5.36. The molecule has 15 heavy (non-hydrogen) atoms. The molecule has 2 aliphatic heterocycles. The fraction of sp³-hybridized carbons (Fsp3) is 1.00. The van der Waals surface area contributed by atoms with Gasteiger partial charge in [0.15, 0.2) is 0 Å². The summed E-state index contributed by atoms with van der Waals surface area (Å²) < 4.78 is 0. The summed E-state index contributed by atoms with van der Waals surface area (Å²) in [6.45, 7) is 7.61. The Labute approximate surface area is 94.4 Å². The number of nitrogens with one attached hydrogen (secondary N) is 1. The quantitative estimate of drug-likeness (QED) is 0.768. The van der Waals surface area contributed by atoms with Gasteiger partial charge in [-0.05, 0) is 71.1 Å². The Bertz CT molecular complexity index is 175. The van der Waals surface area contributed by atoms with Crippen molar-refractivity contribution in [3.63, 3.8) is 0 Å². The van der Waals surface area contributed by atoms with Crippen LogP contribution in [0.1, 0.15) is 45.4 Å². The van der Waals surface area contributed by atoms with Crippen LogP contribution in [0.25, 0.3) is 0 Å². The fourth-order valence-corrected chi connectivity index (χ4v) is 3.01. The van der Waals surface area contributed by atoms with E-state index in [1.165, 1.54) is 64.7 Å². The van der Waals surface area contributed by atoms with Gasteiger partial charge in [-0.3, -0.25) is 0 Å². The normalized spacial score (nSPS) is 30.6. The van der Waals surface area contributed by atoms with Crippen molar-refractivity contribution in [2.75, 3.05) is 26.2 Å². The Morgan fingerprint density at radius 2 is 1.93 bits per heavy atom. The van der Waals surface area contributed by atoms with Crippen LogP contribution >= 0.6 is 0 Å². The molecular formula is C13H26N2. The first-order valence-corrected chi connectivity index (χ1v) is 6.81. The zero-order valence-electron chi connectivity index (χ0n) is 10.2. The van der Waals surface area contributed by atoms with E-state index in [0.29, 0.717) is 0 Å². The first-order valence-electron chi connectivity index (χ1n) is 6.81. The molecule has 2 fully saturated rings. The SMILES string of the molecule is C[C@@H]1CCCCN1CCC1CCNCC1. The molecule has 2 rings (SSSR count). The summed E-state index contributed by atoms with van der Waals surface area (Å²) in [7, 11) is 0. The van der Waals surface area contributed by atoms with Gasteiger partial charge in [-0.25, -0.2) is 0 Å². The number of hydrogen-bond donors (Lipinski definition) is 1. The van der Waals surface area contributed by atoms with E-state index in [-0.39, 0.29) is 0 Å². The highest BCUT2D eigenvalue weighted by atomic mass is 15.2. The first-order chi connectivity index (χ1) is 7.36. The topological polar surface area (TPSA) is 15.3 Å². The Kier molecular flexibility index (Phi) is 4.45. The zero-order valence-corrected chi connectivity index (χ0v) is 10.2. The molecule has 2 nitrogen and oxygen atoms in total. The largest absolute Gasteiger partial charge is 0.317 e. The van der Waals surface area contributed by atoms with Crippen LogP contribution in [0.5, 0.6) is 0 Å². The van der Waals surface area contributed by atoms with Crippen LogP contribution in [0.15, 0.2) is 0 Å². The molecule has 0 radical (unpaired) electrons. The molecule has 0 aromatic rings. The van der Waals surface area contributed by atoms with E-state index in [4.69, 9.17) is 0 Å². The minimum absolute atomic E-state index is 0.848. The van der Waals surface area contributed by atoms with Crippen LogP contribution in [0.2, 0.25) is 0 Å². The highest BCUT2D eigenvalue weighted by Crippen LogP contribution is 2.20. The van der Waals surface area contributed by atoms with Gasteiger partial charge in [0, 0.05) is 6.04 Å². The Hall–Kier alpha value is -0.0800. The van der Waals surface area contributed by atoms with Gasteiger partial charge in [0.2, 0.25) is 0 Å². The standard InChI is InChI=1S/C13H26N2/c1-12-4-2-3-10-15(12)11-7-13-5-8-14-9-6-13/h12-14H,2-11H2,1H3/t12-/m1/s1. The molecule has 0 unspecified atom stereocenters. The average molecular weight is 210 g/mol. The van der Waals surface area contributed by atoms with E-state index in [1.54, 1.807) is 0 Å². The molecule has 0 spiro atoms. The lowest BCUT2D eigenvalue weighted by Gasteiger charge is -2.34. The van der Waals surface area contributed by atoms with Crippen LogP contribution in [0.3, 0.4) is 0 Å². The molecule has 88 valence electrons. The maximum Gasteiger partial charge on any atom is 0.00669 e. The second kappa shape index (κ2) is 5.86. The molecular weight excluding hydrogens is 184 g/mol. The van der Waals surface area contributed by atoms with Gasteiger partial charge in [0.25, 0.3) is 0 Å². The number of likely N-dealkylation sites (tertiary alicyclic amines) is 1. The predicted molar refractivity (Wildman–Crippen MR) is 65.1 cm³/mol. The molecule has 0 bridgehead atoms. The summed E-state index contributed by atoms with van der Waals surface area (Å²) in [6, 6.07) is 0.848. The molecule has 0 aromatic carbocycles. The zero-order chi connectivity index (χ0) is 10.5. The predicted octanol–water partition coefficient (Wildman–Crippen LogP) is 2.25. The summed E-state index contributed by atoms with van der Waals surface area (Å²) in [6.07, 6.45) is 8.55. The van der Waals surface area contributed by atoms with E-state index >= 15 is 0 Å². The molecule has 0 aliphatic carbocycles. The third-order valence-electron chi connectivity index (χ3n) is 4.22. The maximum atomic E-state index is 3.45. The van der Waals surface area contributed by atoms with Crippen molar-refractivity contribution < 1.29 is 0 Å². The van der Waals surface area contributed by atoms with Gasteiger partial charge >= 0.3 is 0 Å². The molecule has 2 aliphatic rings. The van der Waals surface area contributed by atoms with Gasteiger partial charge in [0.1, 0.15) is 0 Å². The molecule has 2 saturated heterocycles. The molecule has 1 atom stereocenters.